The predicted octanol–water partition coefficient (Wildman–Crippen LogP) is 4.42. The van der Waals surface area contributed by atoms with Crippen molar-refractivity contribution in [3.8, 4) is 5.75 Å². The molecule has 2 aliphatic rings. The van der Waals surface area contributed by atoms with Gasteiger partial charge in [0.2, 0.25) is 5.91 Å². The van der Waals surface area contributed by atoms with Crippen molar-refractivity contribution in [3.63, 3.8) is 0 Å². The number of hydrogen-bond acceptors (Lipinski definition) is 7. The molecule has 0 bridgehead atoms. The molecule has 3 aromatic rings. The molecule has 1 aliphatic heterocycles. The van der Waals surface area contributed by atoms with Crippen LogP contribution in [0.15, 0.2) is 47.5 Å². The summed E-state index contributed by atoms with van der Waals surface area (Å²) in [5.74, 6) is 2.63. The van der Waals surface area contributed by atoms with Crippen LogP contribution in [0, 0.1) is 5.92 Å². The first-order valence-corrected chi connectivity index (χ1v) is 12.9. The largest absolute Gasteiger partial charge is 0.497 e. The number of aromatic nitrogens is 2. The van der Waals surface area contributed by atoms with Crippen LogP contribution in [0.3, 0.4) is 0 Å². The SMILES string of the molecule is COc1ccc2nccc(C(N)C[C@H]3CC[C@H](NCc4ccc5c(n4)NC(=O)CS5)CC3)c2c1. The molecule has 0 radical (unpaired) electrons. The smallest absolute Gasteiger partial charge is 0.235 e. The number of fused-ring (bicyclic) bond motifs is 2. The molecule has 0 saturated heterocycles. The van der Waals surface area contributed by atoms with Crippen molar-refractivity contribution in [1.29, 1.82) is 0 Å². The molecule has 1 fully saturated rings. The van der Waals surface area contributed by atoms with Gasteiger partial charge in [-0.15, -0.1) is 11.8 Å². The minimum absolute atomic E-state index is 0.0140. The van der Waals surface area contributed by atoms with Crippen LogP contribution < -0.4 is 21.1 Å². The second-order valence-electron chi connectivity index (χ2n) is 9.21. The number of thioether (sulfide) groups is 1. The zero-order chi connectivity index (χ0) is 23.5. The van der Waals surface area contributed by atoms with Gasteiger partial charge in [0.15, 0.2) is 0 Å². The van der Waals surface area contributed by atoms with Crippen LogP contribution in [0.4, 0.5) is 5.82 Å². The summed E-state index contributed by atoms with van der Waals surface area (Å²) in [4.78, 5) is 21.8. The summed E-state index contributed by atoms with van der Waals surface area (Å²) in [6.45, 7) is 0.716. The Kier molecular flexibility index (Phi) is 6.99. The number of rotatable bonds is 7. The standard InChI is InChI=1S/C26H31N5O2S/c1-33-19-7-8-23-21(13-19)20(10-11-28-23)22(27)12-16-2-4-17(5-3-16)29-14-18-6-9-24-26(30-18)31-25(32)15-34-24/h6-11,13,16-17,22,29H,2-5,12,14-15,27H2,1H3,(H,30,31,32)/t16-,17-,22?. The Balaban J connectivity index is 1.14. The van der Waals surface area contributed by atoms with Crippen molar-refractivity contribution in [1.82, 2.24) is 15.3 Å². The number of carbonyl (C=O) groups is 1. The fraction of sp³-hybridized carbons (Fsp3) is 0.423. The van der Waals surface area contributed by atoms with Gasteiger partial charge in [-0.3, -0.25) is 9.78 Å². The molecule has 7 nitrogen and oxygen atoms in total. The number of ether oxygens (including phenoxy) is 1. The molecule has 4 N–H and O–H groups in total. The van der Waals surface area contributed by atoms with Crippen molar-refractivity contribution < 1.29 is 9.53 Å². The Morgan fingerprint density at radius 1 is 1.21 bits per heavy atom. The van der Waals surface area contributed by atoms with Crippen molar-refractivity contribution in [2.75, 3.05) is 18.2 Å². The fourth-order valence-corrected chi connectivity index (χ4v) is 5.79. The first kappa shape index (κ1) is 23.1. The molecule has 1 atom stereocenters. The number of anilines is 1. The highest BCUT2D eigenvalue weighted by molar-refractivity contribution is 8.00. The molecule has 8 heteroatoms. The van der Waals surface area contributed by atoms with Crippen LogP contribution in [0.5, 0.6) is 5.75 Å². The normalized spacial score (nSPS) is 21.1. The number of pyridine rings is 2. The Hall–Kier alpha value is -2.68. The maximum Gasteiger partial charge on any atom is 0.235 e. The summed E-state index contributed by atoms with van der Waals surface area (Å²) in [6.07, 6.45) is 7.44. The molecular weight excluding hydrogens is 446 g/mol. The summed E-state index contributed by atoms with van der Waals surface area (Å²) in [5, 5.41) is 7.61. The van der Waals surface area contributed by atoms with Crippen LogP contribution >= 0.6 is 11.8 Å². The number of benzene rings is 1. The van der Waals surface area contributed by atoms with Gasteiger partial charge >= 0.3 is 0 Å². The summed E-state index contributed by atoms with van der Waals surface area (Å²) < 4.78 is 5.41. The van der Waals surface area contributed by atoms with E-state index in [1.54, 1.807) is 18.9 Å². The lowest BCUT2D eigenvalue weighted by molar-refractivity contribution is -0.113. The Morgan fingerprint density at radius 3 is 2.88 bits per heavy atom. The first-order chi connectivity index (χ1) is 16.6. The van der Waals surface area contributed by atoms with Gasteiger partial charge in [0, 0.05) is 30.2 Å². The van der Waals surface area contributed by atoms with Gasteiger partial charge in [-0.25, -0.2) is 4.98 Å². The Morgan fingerprint density at radius 2 is 2.06 bits per heavy atom. The van der Waals surface area contributed by atoms with E-state index in [0.717, 1.165) is 52.1 Å². The van der Waals surface area contributed by atoms with Crippen molar-refractivity contribution >= 4 is 34.4 Å². The van der Waals surface area contributed by atoms with Crippen LogP contribution in [-0.4, -0.2) is 34.8 Å². The van der Waals surface area contributed by atoms with E-state index in [2.05, 4.69) is 32.7 Å². The molecule has 1 saturated carbocycles. The molecule has 3 heterocycles. The van der Waals surface area contributed by atoms with Gasteiger partial charge < -0.3 is 21.1 Å². The average molecular weight is 478 g/mol. The number of methoxy groups -OCH3 is 1. The number of carbonyl (C=O) groups excluding carboxylic acids is 1. The van der Waals surface area contributed by atoms with Gasteiger partial charge in [-0.2, -0.15) is 0 Å². The third kappa shape index (κ3) is 5.19. The van der Waals surface area contributed by atoms with E-state index in [-0.39, 0.29) is 11.9 Å². The summed E-state index contributed by atoms with van der Waals surface area (Å²) in [5.41, 5.74) is 9.76. The first-order valence-electron chi connectivity index (χ1n) is 11.9. The highest BCUT2D eigenvalue weighted by Gasteiger charge is 2.24. The van der Waals surface area contributed by atoms with Gasteiger partial charge in [-0.05, 0) is 80.0 Å². The molecule has 1 amide bonds. The molecule has 0 spiro atoms. The van der Waals surface area contributed by atoms with E-state index in [0.29, 0.717) is 30.1 Å². The number of amides is 1. The third-order valence-corrected chi connectivity index (χ3v) is 7.97. The monoisotopic (exact) mass is 477 g/mol. The highest BCUT2D eigenvalue weighted by Crippen LogP contribution is 2.34. The minimum Gasteiger partial charge on any atom is -0.497 e. The molecule has 1 aromatic carbocycles. The van der Waals surface area contributed by atoms with Gasteiger partial charge in [-0.1, -0.05) is 0 Å². The van der Waals surface area contributed by atoms with Crippen LogP contribution in [-0.2, 0) is 11.3 Å². The highest BCUT2D eigenvalue weighted by atomic mass is 32.2. The van der Waals surface area contributed by atoms with Crippen LogP contribution in [0.1, 0.15) is 49.4 Å². The lowest BCUT2D eigenvalue weighted by atomic mass is 9.81. The maximum atomic E-state index is 11.6. The molecule has 5 rings (SSSR count). The summed E-state index contributed by atoms with van der Waals surface area (Å²) in [6, 6.07) is 12.6. The van der Waals surface area contributed by atoms with Crippen LogP contribution in [0.25, 0.3) is 10.9 Å². The molecule has 34 heavy (non-hydrogen) atoms. The van der Waals surface area contributed by atoms with E-state index < -0.39 is 0 Å². The number of nitrogens with two attached hydrogens (primary N) is 1. The maximum absolute atomic E-state index is 11.6. The second kappa shape index (κ2) is 10.3. The zero-order valence-electron chi connectivity index (χ0n) is 19.4. The zero-order valence-corrected chi connectivity index (χ0v) is 20.2. The fourth-order valence-electron chi connectivity index (χ4n) is 5.04. The lowest BCUT2D eigenvalue weighted by Crippen LogP contribution is -2.33. The van der Waals surface area contributed by atoms with Gasteiger partial charge in [0.25, 0.3) is 0 Å². The summed E-state index contributed by atoms with van der Waals surface area (Å²) >= 11 is 1.54. The minimum atomic E-state index is -0.0140. The molecule has 2 aromatic heterocycles. The number of hydrogen-bond donors (Lipinski definition) is 3. The van der Waals surface area contributed by atoms with E-state index >= 15 is 0 Å². The molecule has 1 unspecified atom stereocenters. The third-order valence-electron chi connectivity index (χ3n) is 6.92. The summed E-state index contributed by atoms with van der Waals surface area (Å²) in [7, 11) is 1.68. The van der Waals surface area contributed by atoms with E-state index in [4.69, 9.17) is 10.5 Å². The van der Waals surface area contributed by atoms with E-state index in [9.17, 15) is 4.79 Å². The quantitative estimate of drug-likeness (QED) is 0.463. The number of nitrogens with zero attached hydrogens (tertiary/aromatic N) is 2. The van der Waals surface area contributed by atoms with Gasteiger partial charge in [0.1, 0.15) is 11.6 Å². The van der Waals surface area contributed by atoms with E-state index in [1.165, 1.54) is 12.8 Å². The van der Waals surface area contributed by atoms with Crippen LogP contribution in [0.2, 0.25) is 0 Å². The molecule has 178 valence electrons. The lowest BCUT2D eigenvalue weighted by Gasteiger charge is -2.31. The Labute approximate surface area is 204 Å². The van der Waals surface area contributed by atoms with Gasteiger partial charge in [0.05, 0.1) is 29.0 Å². The molecule has 1 aliphatic carbocycles. The second-order valence-corrected chi connectivity index (χ2v) is 10.2. The van der Waals surface area contributed by atoms with Crippen molar-refractivity contribution in [2.24, 2.45) is 11.7 Å². The Bertz CT molecular complexity index is 1180. The van der Waals surface area contributed by atoms with Crippen molar-refractivity contribution in [3.05, 3.63) is 53.9 Å². The molecular formula is C26H31N5O2S. The predicted molar refractivity (Wildman–Crippen MR) is 136 cm³/mol. The van der Waals surface area contributed by atoms with E-state index in [1.807, 2.05) is 30.5 Å². The van der Waals surface area contributed by atoms with Crippen molar-refractivity contribution in [2.45, 2.75) is 55.6 Å². The number of nitrogens with one attached hydrogen (secondary N) is 2. The average Bonchev–Trinajstić information content (AvgIpc) is 2.87. The topological polar surface area (TPSA) is 102 Å².